The number of nitrogens with one attached hydrogen (secondary N) is 2. The first-order valence-electron chi connectivity index (χ1n) is 3.85. The van der Waals surface area contributed by atoms with Gasteiger partial charge in [0.25, 0.3) is 0 Å². The molecular weight excluding hydrogens is 168 g/mol. The number of hydrogen-bond acceptors (Lipinski definition) is 4. The first-order chi connectivity index (χ1) is 6.29. The Hall–Kier alpha value is -1.55. The molecule has 0 aromatic heterocycles. The lowest BCUT2D eigenvalue weighted by Gasteiger charge is -2.08. The van der Waals surface area contributed by atoms with Gasteiger partial charge in [-0.1, -0.05) is 12.1 Å². The second-order valence-electron chi connectivity index (χ2n) is 2.34. The third kappa shape index (κ3) is 2.19. The topological polar surface area (TPSA) is 54.3 Å². The highest BCUT2D eigenvalue weighted by molar-refractivity contribution is 5.94. The number of para-hydroxylation sites is 1. The van der Waals surface area contributed by atoms with E-state index in [1.165, 1.54) is 0 Å². The molecule has 4 nitrogen and oxygen atoms in total. The second kappa shape index (κ2) is 4.47. The lowest BCUT2D eigenvalue weighted by atomic mass is 10.2. The summed E-state index contributed by atoms with van der Waals surface area (Å²) in [5.74, 6) is 0.669. The van der Waals surface area contributed by atoms with Crippen molar-refractivity contribution in [2.45, 2.75) is 0 Å². The Morgan fingerprint density at radius 2 is 2.08 bits per heavy atom. The van der Waals surface area contributed by atoms with Crippen molar-refractivity contribution in [3.63, 3.8) is 0 Å². The summed E-state index contributed by atoms with van der Waals surface area (Å²) in [6, 6.07) is 7.21. The second-order valence-corrected chi connectivity index (χ2v) is 2.34. The highest BCUT2D eigenvalue weighted by Gasteiger charge is 2.07. The molecular formula is C9H12N2O2. The van der Waals surface area contributed by atoms with Crippen LogP contribution in [-0.2, 0) is 4.84 Å². The van der Waals surface area contributed by atoms with Gasteiger partial charge in [0.1, 0.15) is 5.75 Å². The van der Waals surface area contributed by atoms with Crippen molar-refractivity contribution < 1.29 is 9.57 Å². The van der Waals surface area contributed by atoms with Crippen LogP contribution in [0, 0.1) is 5.41 Å². The summed E-state index contributed by atoms with van der Waals surface area (Å²) < 4.78 is 5.06. The minimum absolute atomic E-state index is 0.0416. The van der Waals surface area contributed by atoms with E-state index in [-0.39, 0.29) is 5.90 Å². The smallest absolute Gasteiger partial charge is 0.241 e. The van der Waals surface area contributed by atoms with Gasteiger partial charge in [-0.25, -0.2) is 0 Å². The molecule has 0 amide bonds. The zero-order valence-electron chi connectivity index (χ0n) is 7.63. The van der Waals surface area contributed by atoms with Crippen molar-refractivity contribution >= 4 is 5.90 Å². The zero-order chi connectivity index (χ0) is 9.68. The molecule has 13 heavy (non-hydrogen) atoms. The van der Waals surface area contributed by atoms with Crippen molar-refractivity contribution in [2.75, 3.05) is 14.2 Å². The maximum absolute atomic E-state index is 7.51. The molecule has 0 fully saturated rings. The molecule has 0 radical (unpaired) electrons. The van der Waals surface area contributed by atoms with E-state index in [1.807, 2.05) is 12.1 Å². The van der Waals surface area contributed by atoms with Crippen LogP contribution >= 0.6 is 0 Å². The van der Waals surface area contributed by atoms with Gasteiger partial charge in [-0.15, -0.1) is 0 Å². The fourth-order valence-corrected chi connectivity index (χ4v) is 0.989. The molecule has 1 aromatic carbocycles. The Bertz CT molecular complexity index is 299. The van der Waals surface area contributed by atoms with Crippen LogP contribution in [0.1, 0.15) is 5.56 Å². The molecule has 0 saturated carbocycles. The van der Waals surface area contributed by atoms with E-state index in [1.54, 1.807) is 26.3 Å². The van der Waals surface area contributed by atoms with Gasteiger partial charge in [0.05, 0.1) is 12.7 Å². The standard InChI is InChI=1S/C9H12N2O2/c1-11-13-9(10)7-5-3-4-6-8(7)12-2/h3-6,10-11H,1-2H3. The summed E-state index contributed by atoms with van der Waals surface area (Å²) >= 11 is 0. The fraction of sp³-hybridized carbons (Fsp3) is 0.222. The molecule has 1 rings (SSSR count). The highest BCUT2D eigenvalue weighted by atomic mass is 16.6. The van der Waals surface area contributed by atoms with Crippen LogP contribution in [0.4, 0.5) is 0 Å². The van der Waals surface area contributed by atoms with E-state index in [9.17, 15) is 0 Å². The molecule has 0 unspecified atom stereocenters. The Morgan fingerprint density at radius 1 is 1.38 bits per heavy atom. The average Bonchev–Trinajstić information content (AvgIpc) is 2.18. The van der Waals surface area contributed by atoms with Gasteiger partial charge in [0.2, 0.25) is 5.90 Å². The van der Waals surface area contributed by atoms with E-state index < -0.39 is 0 Å². The maximum atomic E-state index is 7.51. The summed E-state index contributed by atoms with van der Waals surface area (Å²) in [5.41, 5.74) is 3.06. The fourth-order valence-electron chi connectivity index (χ4n) is 0.989. The van der Waals surface area contributed by atoms with E-state index in [0.717, 1.165) is 0 Å². The molecule has 1 aromatic rings. The summed E-state index contributed by atoms with van der Waals surface area (Å²) in [6.07, 6.45) is 0. The zero-order valence-corrected chi connectivity index (χ0v) is 7.63. The first-order valence-corrected chi connectivity index (χ1v) is 3.85. The lowest BCUT2D eigenvalue weighted by molar-refractivity contribution is 0.207. The predicted octanol–water partition coefficient (Wildman–Crippen LogP) is 1.17. The van der Waals surface area contributed by atoms with Crippen LogP contribution in [0.3, 0.4) is 0 Å². The molecule has 2 N–H and O–H groups in total. The molecule has 0 spiro atoms. The first kappa shape index (κ1) is 9.54. The number of hydrogen-bond donors (Lipinski definition) is 2. The molecule has 0 aliphatic rings. The number of hydroxylamine groups is 1. The highest BCUT2D eigenvalue weighted by Crippen LogP contribution is 2.17. The van der Waals surface area contributed by atoms with Crippen molar-refractivity contribution in [2.24, 2.45) is 0 Å². The number of ether oxygens (including phenoxy) is 1. The van der Waals surface area contributed by atoms with Crippen molar-refractivity contribution in [3.8, 4) is 5.75 Å². The molecule has 0 aliphatic heterocycles. The SMILES string of the molecule is CNOC(=N)c1ccccc1OC. The monoisotopic (exact) mass is 180 g/mol. The molecule has 0 saturated heterocycles. The maximum Gasteiger partial charge on any atom is 0.241 e. The van der Waals surface area contributed by atoms with Gasteiger partial charge >= 0.3 is 0 Å². The van der Waals surface area contributed by atoms with Gasteiger partial charge in [0, 0.05) is 7.05 Å². The number of rotatable bonds is 3. The van der Waals surface area contributed by atoms with Gasteiger partial charge in [-0.3, -0.25) is 5.41 Å². The van der Waals surface area contributed by atoms with Crippen LogP contribution in [-0.4, -0.2) is 20.1 Å². The minimum Gasteiger partial charge on any atom is -0.496 e. The summed E-state index contributed by atoms with van der Waals surface area (Å²) in [4.78, 5) is 4.82. The Balaban J connectivity index is 2.92. The third-order valence-electron chi connectivity index (χ3n) is 1.56. The van der Waals surface area contributed by atoms with Crippen LogP contribution in [0.25, 0.3) is 0 Å². The molecule has 0 atom stereocenters. The van der Waals surface area contributed by atoms with Crippen LogP contribution in [0.15, 0.2) is 24.3 Å². The van der Waals surface area contributed by atoms with Crippen molar-refractivity contribution in [3.05, 3.63) is 29.8 Å². The molecule has 0 bridgehead atoms. The van der Waals surface area contributed by atoms with Crippen LogP contribution in [0.2, 0.25) is 0 Å². The van der Waals surface area contributed by atoms with Crippen LogP contribution in [0.5, 0.6) is 5.75 Å². The molecule has 4 heteroatoms. The minimum atomic E-state index is 0.0416. The number of benzene rings is 1. The van der Waals surface area contributed by atoms with Crippen LogP contribution < -0.4 is 10.2 Å². The Labute approximate surface area is 76.9 Å². The average molecular weight is 180 g/mol. The van der Waals surface area contributed by atoms with Gasteiger partial charge in [-0.05, 0) is 12.1 Å². The molecule has 0 heterocycles. The van der Waals surface area contributed by atoms with Gasteiger partial charge in [-0.2, -0.15) is 5.48 Å². The van der Waals surface area contributed by atoms with Crippen molar-refractivity contribution in [1.29, 1.82) is 5.41 Å². The quantitative estimate of drug-likeness (QED) is 0.417. The number of methoxy groups -OCH3 is 1. The molecule has 0 aliphatic carbocycles. The lowest BCUT2D eigenvalue weighted by Crippen LogP contribution is -2.15. The Kier molecular flexibility index (Phi) is 3.28. The van der Waals surface area contributed by atoms with E-state index in [4.69, 9.17) is 15.0 Å². The largest absolute Gasteiger partial charge is 0.496 e. The predicted molar refractivity (Wildman–Crippen MR) is 50.0 cm³/mol. The Morgan fingerprint density at radius 3 is 2.69 bits per heavy atom. The third-order valence-corrected chi connectivity index (χ3v) is 1.56. The van der Waals surface area contributed by atoms with Gasteiger partial charge in [0.15, 0.2) is 0 Å². The van der Waals surface area contributed by atoms with E-state index >= 15 is 0 Å². The van der Waals surface area contributed by atoms with Gasteiger partial charge < -0.3 is 9.57 Å². The summed E-state index contributed by atoms with van der Waals surface area (Å²) in [6.45, 7) is 0. The van der Waals surface area contributed by atoms with E-state index in [2.05, 4.69) is 5.48 Å². The van der Waals surface area contributed by atoms with Crippen molar-refractivity contribution in [1.82, 2.24) is 5.48 Å². The summed E-state index contributed by atoms with van der Waals surface area (Å²) in [7, 11) is 3.16. The summed E-state index contributed by atoms with van der Waals surface area (Å²) in [5, 5.41) is 7.51. The van der Waals surface area contributed by atoms with E-state index in [0.29, 0.717) is 11.3 Å². The normalized spacial score (nSPS) is 9.38. The molecule has 70 valence electrons.